The third-order valence-electron chi connectivity index (χ3n) is 2.69. The van der Waals surface area contributed by atoms with Crippen molar-refractivity contribution in [1.29, 1.82) is 0 Å². The normalized spacial score (nSPS) is 18.6. The molecular formula is C10H14N2O. The molecule has 0 bridgehead atoms. The van der Waals surface area contributed by atoms with Gasteiger partial charge < -0.3 is 0 Å². The van der Waals surface area contributed by atoms with Crippen molar-refractivity contribution in [3.63, 3.8) is 0 Å². The summed E-state index contributed by atoms with van der Waals surface area (Å²) in [6, 6.07) is 1.79. The molecule has 1 aromatic heterocycles. The van der Waals surface area contributed by atoms with Gasteiger partial charge in [0.1, 0.15) is 5.69 Å². The molecule has 2 rings (SSSR count). The summed E-state index contributed by atoms with van der Waals surface area (Å²) in [4.78, 5) is 11.6. The minimum atomic E-state index is 0.181. The first-order valence-corrected chi connectivity index (χ1v) is 4.62. The van der Waals surface area contributed by atoms with Gasteiger partial charge in [-0.05, 0) is 24.3 Å². The minimum Gasteiger partial charge on any atom is -0.292 e. The summed E-state index contributed by atoms with van der Waals surface area (Å²) in [5.41, 5.74) is 0.893. The van der Waals surface area contributed by atoms with Gasteiger partial charge in [0.2, 0.25) is 0 Å². The van der Waals surface area contributed by atoms with Gasteiger partial charge in [0.25, 0.3) is 0 Å². The van der Waals surface area contributed by atoms with Crippen LogP contribution in [0.3, 0.4) is 0 Å². The Bertz CT molecular complexity index is 336. The molecule has 0 spiro atoms. The lowest BCUT2D eigenvalue weighted by molar-refractivity contribution is 0.0954. The first-order chi connectivity index (χ1) is 6.09. The molecule has 0 radical (unpaired) electrons. The maximum absolute atomic E-state index is 11.6. The summed E-state index contributed by atoms with van der Waals surface area (Å²) >= 11 is 0. The van der Waals surface area contributed by atoms with Gasteiger partial charge in [-0.15, -0.1) is 0 Å². The Labute approximate surface area is 77.7 Å². The number of carbonyl (C=O) groups excluding carboxylic acids is 1. The van der Waals surface area contributed by atoms with Gasteiger partial charge in [-0.2, -0.15) is 5.10 Å². The van der Waals surface area contributed by atoms with E-state index in [2.05, 4.69) is 12.0 Å². The van der Waals surface area contributed by atoms with Crippen molar-refractivity contribution in [2.45, 2.75) is 26.2 Å². The SMILES string of the molecule is Cn1ccc(C(=O)CC2(C)CC2)n1. The highest BCUT2D eigenvalue weighted by Crippen LogP contribution is 2.48. The molecule has 1 aliphatic rings. The predicted octanol–water partition coefficient (Wildman–Crippen LogP) is 1.79. The van der Waals surface area contributed by atoms with Gasteiger partial charge in [0, 0.05) is 19.7 Å². The van der Waals surface area contributed by atoms with E-state index in [1.165, 1.54) is 12.8 Å². The van der Waals surface area contributed by atoms with Gasteiger partial charge in [0.15, 0.2) is 5.78 Å². The van der Waals surface area contributed by atoms with E-state index in [4.69, 9.17) is 0 Å². The Morgan fingerprint density at radius 1 is 1.69 bits per heavy atom. The van der Waals surface area contributed by atoms with Crippen LogP contribution in [0, 0.1) is 5.41 Å². The molecule has 1 aliphatic carbocycles. The Morgan fingerprint density at radius 3 is 2.85 bits per heavy atom. The number of ketones is 1. The van der Waals surface area contributed by atoms with Crippen LogP contribution in [0.2, 0.25) is 0 Å². The van der Waals surface area contributed by atoms with Crippen LogP contribution in [0.1, 0.15) is 36.7 Å². The topological polar surface area (TPSA) is 34.9 Å². The highest BCUT2D eigenvalue weighted by Gasteiger charge is 2.39. The van der Waals surface area contributed by atoms with Gasteiger partial charge in [-0.3, -0.25) is 9.48 Å². The average Bonchev–Trinajstić information content (AvgIpc) is 2.62. The maximum Gasteiger partial charge on any atom is 0.183 e. The lowest BCUT2D eigenvalue weighted by Crippen LogP contribution is -2.07. The molecular weight excluding hydrogens is 164 g/mol. The zero-order chi connectivity index (χ0) is 9.47. The lowest BCUT2D eigenvalue weighted by atomic mass is 10.0. The number of aromatic nitrogens is 2. The number of nitrogens with zero attached hydrogens (tertiary/aromatic N) is 2. The fraction of sp³-hybridized carbons (Fsp3) is 0.600. The van der Waals surface area contributed by atoms with Crippen molar-refractivity contribution < 1.29 is 4.79 Å². The van der Waals surface area contributed by atoms with E-state index in [0.29, 0.717) is 12.1 Å². The fourth-order valence-electron chi connectivity index (χ4n) is 1.43. The van der Waals surface area contributed by atoms with Crippen molar-refractivity contribution in [2.24, 2.45) is 12.5 Å². The van der Waals surface area contributed by atoms with Crippen molar-refractivity contribution >= 4 is 5.78 Å². The van der Waals surface area contributed by atoms with Crippen molar-refractivity contribution in [3.05, 3.63) is 18.0 Å². The van der Waals surface area contributed by atoms with Gasteiger partial charge in [-0.25, -0.2) is 0 Å². The lowest BCUT2D eigenvalue weighted by Gasteiger charge is -2.03. The summed E-state index contributed by atoms with van der Waals surface area (Å²) in [7, 11) is 1.83. The highest BCUT2D eigenvalue weighted by molar-refractivity contribution is 5.94. The molecule has 1 fully saturated rings. The summed E-state index contributed by atoms with van der Waals surface area (Å²) in [5, 5.41) is 4.09. The number of carbonyl (C=O) groups is 1. The molecule has 0 unspecified atom stereocenters. The first kappa shape index (κ1) is 8.48. The summed E-state index contributed by atoms with van der Waals surface area (Å²) in [5.74, 6) is 0.181. The molecule has 1 saturated carbocycles. The first-order valence-electron chi connectivity index (χ1n) is 4.62. The van der Waals surface area contributed by atoms with Crippen molar-refractivity contribution in [1.82, 2.24) is 9.78 Å². The maximum atomic E-state index is 11.6. The molecule has 1 aromatic rings. The third-order valence-corrected chi connectivity index (χ3v) is 2.69. The zero-order valence-electron chi connectivity index (χ0n) is 8.08. The largest absolute Gasteiger partial charge is 0.292 e. The van der Waals surface area contributed by atoms with E-state index in [-0.39, 0.29) is 11.2 Å². The van der Waals surface area contributed by atoms with Crippen LogP contribution in [-0.4, -0.2) is 15.6 Å². The number of hydrogen-bond acceptors (Lipinski definition) is 2. The molecule has 3 nitrogen and oxygen atoms in total. The van der Waals surface area contributed by atoms with Gasteiger partial charge >= 0.3 is 0 Å². The Morgan fingerprint density at radius 2 is 2.38 bits per heavy atom. The van der Waals surface area contributed by atoms with Crippen LogP contribution >= 0.6 is 0 Å². The van der Waals surface area contributed by atoms with Gasteiger partial charge in [-0.1, -0.05) is 6.92 Å². The quantitative estimate of drug-likeness (QED) is 0.661. The van der Waals surface area contributed by atoms with E-state index in [9.17, 15) is 4.79 Å². The average molecular weight is 178 g/mol. The van der Waals surface area contributed by atoms with Crippen molar-refractivity contribution in [3.8, 4) is 0 Å². The molecule has 0 amide bonds. The molecule has 3 heteroatoms. The van der Waals surface area contributed by atoms with Gasteiger partial charge in [0.05, 0.1) is 0 Å². The van der Waals surface area contributed by atoms with E-state index in [1.54, 1.807) is 10.7 Å². The van der Waals surface area contributed by atoms with Crippen molar-refractivity contribution in [2.75, 3.05) is 0 Å². The molecule has 0 N–H and O–H groups in total. The van der Waals surface area contributed by atoms with Crippen LogP contribution in [0.5, 0.6) is 0 Å². The number of hydrogen-bond donors (Lipinski definition) is 0. The summed E-state index contributed by atoms with van der Waals surface area (Å²) in [6.07, 6.45) is 4.84. The summed E-state index contributed by atoms with van der Waals surface area (Å²) in [6.45, 7) is 2.16. The van der Waals surface area contributed by atoms with Crippen LogP contribution in [-0.2, 0) is 7.05 Å². The van der Waals surface area contributed by atoms with Crippen LogP contribution in [0.15, 0.2) is 12.3 Å². The molecule has 0 saturated heterocycles. The van der Waals surface area contributed by atoms with E-state index < -0.39 is 0 Å². The number of aryl methyl sites for hydroxylation is 1. The molecule has 13 heavy (non-hydrogen) atoms. The molecule has 70 valence electrons. The van der Waals surface area contributed by atoms with E-state index in [0.717, 1.165) is 0 Å². The molecule has 0 atom stereocenters. The Kier molecular flexibility index (Phi) is 1.75. The van der Waals surface area contributed by atoms with Crippen LogP contribution in [0.25, 0.3) is 0 Å². The number of Topliss-reactive ketones (excluding diaryl/α,β-unsaturated/α-hetero) is 1. The molecule has 0 aromatic carbocycles. The molecule has 1 heterocycles. The van der Waals surface area contributed by atoms with E-state index >= 15 is 0 Å². The van der Waals surface area contributed by atoms with Crippen LogP contribution < -0.4 is 0 Å². The second-order valence-electron chi connectivity index (χ2n) is 4.29. The smallest absolute Gasteiger partial charge is 0.183 e. The third kappa shape index (κ3) is 1.79. The molecule has 0 aliphatic heterocycles. The predicted molar refractivity (Wildman–Crippen MR) is 49.5 cm³/mol. The second kappa shape index (κ2) is 2.69. The van der Waals surface area contributed by atoms with E-state index in [1.807, 2.05) is 13.2 Å². The summed E-state index contributed by atoms with van der Waals surface area (Å²) < 4.78 is 1.67. The monoisotopic (exact) mass is 178 g/mol. The standard InChI is InChI=1S/C10H14N2O/c1-10(4-5-10)7-9(13)8-3-6-12(2)11-8/h3,6H,4-5,7H2,1-2H3. The minimum absolute atomic E-state index is 0.181. The Balaban J connectivity index is 2.05. The highest BCUT2D eigenvalue weighted by atomic mass is 16.1. The second-order valence-corrected chi connectivity index (χ2v) is 4.29. The Hall–Kier alpha value is -1.12. The van der Waals surface area contributed by atoms with Crippen LogP contribution in [0.4, 0.5) is 0 Å². The zero-order valence-corrected chi connectivity index (χ0v) is 8.08. The number of rotatable bonds is 3. The fourth-order valence-corrected chi connectivity index (χ4v) is 1.43.